The summed E-state index contributed by atoms with van der Waals surface area (Å²) >= 11 is 1.23. The molecule has 0 fully saturated rings. The van der Waals surface area contributed by atoms with E-state index in [2.05, 4.69) is 4.98 Å². The molecule has 0 radical (unpaired) electrons. The fourth-order valence-electron chi connectivity index (χ4n) is 3.00. The molecule has 31 heavy (non-hydrogen) atoms. The molecule has 1 aromatic heterocycles. The number of hydrogen-bond donors (Lipinski definition) is 0. The molecule has 0 unspecified atom stereocenters. The highest BCUT2D eigenvalue weighted by Crippen LogP contribution is 2.31. The minimum atomic E-state index is -4.37. The number of nitrogens with zero attached hydrogens (tertiary/aromatic N) is 1. The highest BCUT2D eigenvalue weighted by Gasteiger charge is 2.29. The molecule has 4 rings (SSSR count). The Morgan fingerprint density at radius 2 is 1.45 bits per heavy atom. The predicted octanol–water partition coefficient (Wildman–Crippen LogP) is 7.85. The molecule has 156 valence electrons. The largest absolute Gasteiger partial charge is 0.416 e. The molecule has 0 N–H and O–H groups in total. The second-order valence-electron chi connectivity index (χ2n) is 6.70. The smallest absolute Gasteiger partial charge is 0.241 e. The Morgan fingerprint density at radius 3 is 2.19 bits per heavy atom. The molecular weight excluding hydrogens is 429 g/mol. The topological polar surface area (TPSA) is 12.9 Å². The van der Waals surface area contributed by atoms with Gasteiger partial charge in [0.15, 0.2) is 0 Å². The number of rotatable bonds is 4. The Bertz CT molecular complexity index is 1260. The van der Waals surface area contributed by atoms with E-state index in [1.54, 1.807) is 18.2 Å². The van der Waals surface area contributed by atoms with Gasteiger partial charge in [0.2, 0.25) is 0 Å². The van der Waals surface area contributed by atoms with E-state index in [0.29, 0.717) is 10.6 Å². The van der Waals surface area contributed by atoms with Gasteiger partial charge in [0.05, 0.1) is 16.5 Å². The quantitative estimate of drug-likeness (QED) is 0.235. The first-order chi connectivity index (χ1) is 14.8. The van der Waals surface area contributed by atoms with Gasteiger partial charge in [-0.25, -0.2) is 13.8 Å². The summed E-state index contributed by atoms with van der Waals surface area (Å²) in [5.41, 5.74) is 0.988. The van der Waals surface area contributed by atoms with Crippen LogP contribution in [-0.4, -0.2) is 4.98 Å². The van der Waals surface area contributed by atoms with Gasteiger partial charge in [-0.05, 0) is 47.5 Å². The zero-order chi connectivity index (χ0) is 22.0. The first-order valence-corrected chi connectivity index (χ1v) is 9.99. The molecule has 1 nitrogen and oxygen atoms in total. The summed E-state index contributed by atoms with van der Waals surface area (Å²) in [5, 5.41) is 0.250. The second kappa shape index (κ2) is 8.51. The van der Waals surface area contributed by atoms with Crippen LogP contribution in [0, 0.1) is 11.6 Å². The zero-order valence-electron chi connectivity index (χ0n) is 15.8. The number of fused-ring (bicyclic) bond motifs is 1. The van der Waals surface area contributed by atoms with Crippen LogP contribution in [0.4, 0.5) is 22.0 Å². The highest BCUT2D eigenvalue weighted by molar-refractivity contribution is 7.99. The molecular formula is C24H14F5NS. The number of alkyl halides is 3. The van der Waals surface area contributed by atoms with Crippen molar-refractivity contribution in [1.29, 1.82) is 0 Å². The fraction of sp³-hybridized carbons (Fsp3) is 0.0417. The minimum absolute atomic E-state index is 0.139. The standard InChI is InChI=1S/C24H14F5NS/c25-19-5-2-6-21-23(19)20(26)14-22(30-21)31-18-4-1-3-16(13-18)8-7-15-9-11-17(12-10-15)24(27,28)29/h1-14H/b8-7+. The second-order valence-corrected chi connectivity index (χ2v) is 7.80. The van der Waals surface area contributed by atoms with Crippen molar-refractivity contribution in [2.45, 2.75) is 16.1 Å². The van der Waals surface area contributed by atoms with Gasteiger partial charge in [0, 0.05) is 11.0 Å². The molecule has 7 heteroatoms. The van der Waals surface area contributed by atoms with Crippen LogP contribution in [0.15, 0.2) is 82.7 Å². The summed E-state index contributed by atoms with van der Waals surface area (Å²) in [4.78, 5) is 5.11. The van der Waals surface area contributed by atoms with Gasteiger partial charge in [-0.15, -0.1) is 0 Å². The lowest BCUT2D eigenvalue weighted by atomic mass is 10.1. The van der Waals surface area contributed by atoms with Crippen molar-refractivity contribution in [2.24, 2.45) is 0 Å². The van der Waals surface area contributed by atoms with Crippen LogP contribution >= 0.6 is 11.8 Å². The number of halogens is 5. The maximum Gasteiger partial charge on any atom is 0.416 e. The average Bonchev–Trinajstić information content (AvgIpc) is 2.72. The molecule has 0 atom stereocenters. The number of aromatic nitrogens is 1. The normalized spacial score (nSPS) is 12.0. The SMILES string of the molecule is Fc1cccc2nc(Sc3cccc(/C=C/c4ccc(C(F)(F)F)cc4)c3)cc(F)c12. The molecule has 4 aromatic rings. The van der Waals surface area contributed by atoms with Crippen LogP contribution in [0.3, 0.4) is 0 Å². The molecule has 0 amide bonds. The van der Waals surface area contributed by atoms with Crippen LogP contribution < -0.4 is 0 Å². The first-order valence-electron chi connectivity index (χ1n) is 9.18. The van der Waals surface area contributed by atoms with Gasteiger partial charge in [-0.1, -0.05) is 54.2 Å². The minimum Gasteiger partial charge on any atom is -0.241 e. The lowest BCUT2D eigenvalue weighted by Crippen LogP contribution is -2.03. The number of pyridine rings is 1. The van der Waals surface area contributed by atoms with Gasteiger partial charge in [0.1, 0.15) is 16.7 Å². The molecule has 0 spiro atoms. The van der Waals surface area contributed by atoms with E-state index in [1.807, 2.05) is 24.3 Å². The number of benzene rings is 3. The van der Waals surface area contributed by atoms with Crippen LogP contribution in [0.5, 0.6) is 0 Å². The maximum atomic E-state index is 14.3. The van der Waals surface area contributed by atoms with Crippen molar-refractivity contribution in [1.82, 2.24) is 4.98 Å². The van der Waals surface area contributed by atoms with Gasteiger partial charge in [-0.3, -0.25) is 0 Å². The summed E-state index contributed by atoms with van der Waals surface area (Å²) < 4.78 is 66.1. The monoisotopic (exact) mass is 443 g/mol. The average molecular weight is 443 g/mol. The third kappa shape index (κ3) is 4.94. The summed E-state index contributed by atoms with van der Waals surface area (Å²) in [6.45, 7) is 0. The van der Waals surface area contributed by atoms with Gasteiger partial charge < -0.3 is 0 Å². The van der Waals surface area contributed by atoms with E-state index in [0.717, 1.165) is 22.6 Å². The molecule has 0 aliphatic heterocycles. The van der Waals surface area contributed by atoms with Crippen LogP contribution in [-0.2, 0) is 6.18 Å². The molecule has 0 saturated heterocycles. The maximum absolute atomic E-state index is 14.3. The van der Waals surface area contributed by atoms with Gasteiger partial charge in [-0.2, -0.15) is 13.2 Å². The van der Waals surface area contributed by atoms with E-state index < -0.39 is 23.4 Å². The van der Waals surface area contributed by atoms with E-state index >= 15 is 0 Å². The van der Waals surface area contributed by atoms with E-state index in [-0.39, 0.29) is 10.9 Å². The van der Waals surface area contributed by atoms with Crippen LogP contribution in [0.2, 0.25) is 0 Å². The third-order valence-corrected chi connectivity index (χ3v) is 5.41. The molecule has 0 bridgehead atoms. The van der Waals surface area contributed by atoms with E-state index in [1.165, 1.54) is 42.1 Å². The van der Waals surface area contributed by atoms with Crippen molar-refractivity contribution in [3.63, 3.8) is 0 Å². The molecule has 0 saturated carbocycles. The van der Waals surface area contributed by atoms with Crippen LogP contribution in [0.1, 0.15) is 16.7 Å². The lowest BCUT2D eigenvalue weighted by Gasteiger charge is -2.06. The Kier molecular flexibility index (Phi) is 5.78. The van der Waals surface area contributed by atoms with Crippen molar-refractivity contribution >= 4 is 34.8 Å². The van der Waals surface area contributed by atoms with E-state index in [4.69, 9.17) is 0 Å². The van der Waals surface area contributed by atoms with Gasteiger partial charge >= 0.3 is 6.18 Å². The van der Waals surface area contributed by atoms with Crippen molar-refractivity contribution in [2.75, 3.05) is 0 Å². The van der Waals surface area contributed by atoms with E-state index in [9.17, 15) is 22.0 Å². The summed E-state index contributed by atoms with van der Waals surface area (Å²) in [5.74, 6) is -1.33. The molecule has 1 heterocycles. The zero-order valence-corrected chi connectivity index (χ0v) is 16.6. The molecule has 0 aliphatic rings. The highest BCUT2D eigenvalue weighted by atomic mass is 32.2. The van der Waals surface area contributed by atoms with Crippen molar-refractivity contribution < 1.29 is 22.0 Å². The van der Waals surface area contributed by atoms with Crippen LogP contribution in [0.25, 0.3) is 23.1 Å². The summed E-state index contributed by atoms with van der Waals surface area (Å²) in [7, 11) is 0. The number of hydrogen-bond acceptors (Lipinski definition) is 2. The Morgan fingerprint density at radius 1 is 0.742 bits per heavy atom. The predicted molar refractivity (Wildman–Crippen MR) is 113 cm³/mol. The Balaban J connectivity index is 1.54. The molecule has 0 aliphatic carbocycles. The Labute approximate surface area is 179 Å². The third-order valence-electron chi connectivity index (χ3n) is 4.50. The van der Waals surface area contributed by atoms with Crippen molar-refractivity contribution in [3.8, 4) is 0 Å². The fourth-order valence-corrected chi connectivity index (χ4v) is 3.89. The molecule has 3 aromatic carbocycles. The lowest BCUT2D eigenvalue weighted by molar-refractivity contribution is -0.137. The summed E-state index contributed by atoms with van der Waals surface area (Å²) in [6, 6.07) is 17.6. The van der Waals surface area contributed by atoms with Gasteiger partial charge in [0.25, 0.3) is 0 Å². The Hall–Kier alpha value is -3.19. The summed E-state index contributed by atoms with van der Waals surface area (Å²) in [6.07, 6.45) is -0.882. The van der Waals surface area contributed by atoms with Crippen molar-refractivity contribution in [3.05, 3.63) is 101 Å². The first kappa shape index (κ1) is 21.1.